The number of aliphatic hydroxyl groups excluding tert-OH is 1. The molecule has 1 atom stereocenters. The Balaban J connectivity index is 0.000000454. The van der Waals surface area contributed by atoms with E-state index in [1.807, 2.05) is 30.3 Å². The van der Waals surface area contributed by atoms with E-state index in [9.17, 15) is 14.3 Å². The number of carbonyl (C=O) groups is 3. The highest BCUT2D eigenvalue weighted by molar-refractivity contribution is 6.27. The average Bonchev–Trinajstić information content (AvgIpc) is 3.05. The van der Waals surface area contributed by atoms with Crippen molar-refractivity contribution in [2.45, 2.75) is 19.1 Å². The SMILES string of the molecule is O=C(O)C(=O)O.O=C1c2ccccc2C(O)N1CCCN1CC=C(c2ccc(F)cc2)CC1. The predicted octanol–water partition coefficient (Wildman–Crippen LogP) is 2.61. The molecular formula is C24H25FN2O6. The molecule has 0 aliphatic carbocycles. The van der Waals surface area contributed by atoms with Gasteiger partial charge in [-0.15, -0.1) is 0 Å². The molecule has 1 unspecified atom stereocenters. The minimum Gasteiger partial charge on any atom is -0.473 e. The smallest absolute Gasteiger partial charge is 0.414 e. The van der Waals surface area contributed by atoms with Gasteiger partial charge in [0.15, 0.2) is 6.23 Å². The largest absolute Gasteiger partial charge is 0.473 e. The lowest BCUT2D eigenvalue weighted by molar-refractivity contribution is -0.159. The van der Waals surface area contributed by atoms with Crippen LogP contribution in [0.2, 0.25) is 0 Å². The number of amides is 1. The van der Waals surface area contributed by atoms with E-state index in [4.69, 9.17) is 19.8 Å². The molecule has 1 amide bonds. The summed E-state index contributed by atoms with van der Waals surface area (Å²) >= 11 is 0. The van der Waals surface area contributed by atoms with E-state index in [0.29, 0.717) is 17.7 Å². The number of halogens is 1. The van der Waals surface area contributed by atoms with Gasteiger partial charge in [0.1, 0.15) is 5.82 Å². The van der Waals surface area contributed by atoms with Crippen molar-refractivity contribution >= 4 is 23.4 Å². The lowest BCUT2D eigenvalue weighted by Gasteiger charge is -2.28. The summed E-state index contributed by atoms with van der Waals surface area (Å²) in [6, 6.07) is 13.9. The van der Waals surface area contributed by atoms with Gasteiger partial charge in [-0.25, -0.2) is 14.0 Å². The van der Waals surface area contributed by atoms with E-state index in [1.54, 1.807) is 11.0 Å². The highest BCUT2D eigenvalue weighted by Crippen LogP contribution is 2.31. The first-order chi connectivity index (χ1) is 15.8. The molecule has 0 fully saturated rings. The molecule has 0 bridgehead atoms. The molecule has 2 aromatic rings. The van der Waals surface area contributed by atoms with Crippen molar-refractivity contribution < 1.29 is 34.1 Å². The summed E-state index contributed by atoms with van der Waals surface area (Å²) in [6.07, 6.45) is 3.11. The molecule has 0 spiro atoms. The second-order valence-corrected chi connectivity index (χ2v) is 7.71. The van der Waals surface area contributed by atoms with Gasteiger partial charge >= 0.3 is 11.9 Å². The van der Waals surface area contributed by atoms with Crippen molar-refractivity contribution in [3.8, 4) is 0 Å². The number of fused-ring (bicyclic) bond motifs is 1. The van der Waals surface area contributed by atoms with Gasteiger partial charge in [-0.1, -0.05) is 36.4 Å². The van der Waals surface area contributed by atoms with Crippen LogP contribution in [0.15, 0.2) is 54.6 Å². The van der Waals surface area contributed by atoms with Crippen LogP contribution in [-0.4, -0.2) is 69.1 Å². The van der Waals surface area contributed by atoms with Gasteiger partial charge < -0.3 is 20.2 Å². The zero-order valence-electron chi connectivity index (χ0n) is 17.9. The number of aliphatic hydroxyl groups is 1. The van der Waals surface area contributed by atoms with Crippen molar-refractivity contribution in [2.24, 2.45) is 0 Å². The quantitative estimate of drug-likeness (QED) is 0.592. The zero-order valence-corrected chi connectivity index (χ0v) is 17.9. The van der Waals surface area contributed by atoms with Crippen molar-refractivity contribution in [1.82, 2.24) is 9.80 Å². The third-order valence-corrected chi connectivity index (χ3v) is 5.59. The van der Waals surface area contributed by atoms with Crippen LogP contribution in [0, 0.1) is 5.82 Å². The van der Waals surface area contributed by atoms with Crippen LogP contribution in [0.4, 0.5) is 4.39 Å². The molecule has 8 nitrogen and oxygen atoms in total. The molecule has 4 rings (SSSR count). The maximum atomic E-state index is 13.1. The molecule has 2 aliphatic rings. The number of aliphatic carboxylic acids is 2. The minimum atomic E-state index is -1.82. The first-order valence-electron chi connectivity index (χ1n) is 10.5. The van der Waals surface area contributed by atoms with Gasteiger partial charge in [0.05, 0.1) is 0 Å². The van der Waals surface area contributed by atoms with E-state index in [2.05, 4.69) is 11.0 Å². The fraction of sp³-hybridized carbons (Fsp3) is 0.292. The van der Waals surface area contributed by atoms with Gasteiger partial charge in [0, 0.05) is 37.3 Å². The molecule has 174 valence electrons. The fourth-order valence-corrected chi connectivity index (χ4v) is 3.88. The predicted molar refractivity (Wildman–Crippen MR) is 118 cm³/mol. The summed E-state index contributed by atoms with van der Waals surface area (Å²) in [5.41, 5.74) is 3.65. The molecule has 3 N–H and O–H groups in total. The van der Waals surface area contributed by atoms with E-state index >= 15 is 0 Å². The van der Waals surface area contributed by atoms with Crippen LogP contribution >= 0.6 is 0 Å². The number of hydrogen-bond donors (Lipinski definition) is 3. The Bertz CT molecular complexity index is 1040. The summed E-state index contributed by atoms with van der Waals surface area (Å²) in [4.78, 5) is 34.5. The molecule has 0 saturated carbocycles. The Morgan fingerprint density at radius 3 is 2.24 bits per heavy atom. The second kappa shape index (κ2) is 10.8. The van der Waals surface area contributed by atoms with E-state index < -0.39 is 18.2 Å². The zero-order chi connectivity index (χ0) is 24.0. The normalized spacial score (nSPS) is 17.6. The number of rotatable bonds is 5. The highest BCUT2D eigenvalue weighted by atomic mass is 19.1. The molecule has 0 aromatic heterocycles. The molecular weight excluding hydrogens is 431 g/mol. The Morgan fingerprint density at radius 1 is 1.00 bits per heavy atom. The topological polar surface area (TPSA) is 118 Å². The van der Waals surface area contributed by atoms with Gasteiger partial charge in [-0.05, 0) is 42.2 Å². The van der Waals surface area contributed by atoms with Crippen molar-refractivity contribution in [2.75, 3.05) is 26.2 Å². The van der Waals surface area contributed by atoms with E-state index in [0.717, 1.165) is 38.0 Å². The lowest BCUT2D eigenvalue weighted by Crippen LogP contribution is -2.34. The maximum Gasteiger partial charge on any atom is 0.414 e. The number of carboxylic acids is 2. The van der Waals surface area contributed by atoms with E-state index in [1.165, 1.54) is 17.7 Å². The summed E-state index contributed by atoms with van der Waals surface area (Å²) in [5, 5.41) is 25.2. The van der Waals surface area contributed by atoms with Crippen LogP contribution in [0.25, 0.3) is 5.57 Å². The summed E-state index contributed by atoms with van der Waals surface area (Å²) in [6.45, 7) is 3.21. The summed E-state index contributed by atoms with van der Waals surface area (Å²) < 4.78 is 13.1. The minimum absolute atomic E-state index is 0.0877. The molecule has 33 heavy (non-hydrogen) atoms. The van der Waals surface area contributed by atoms with Gasteiger partial charge in [0.2, 0.25) is 0 Å². The first kappa shape index (κ1) is 24.1. The number of carboxylic acid groups (broad SMARTS) is 2. The monoisotopic (exact) mass is 456 g/mol. The fourth-order valence-electron chi connectivity index (χ4n) is 3.88. The Morgan fingerprint density at radius 2 is 1.67 bits per heavy atom. The van der Waals surface area contributed by atoms with Crippen LogP contribution in [-0.2, 0) is 9.59 Å². The Hall–Kier alpha value is -3.56. The standard InChI is InChI=1S/C22H23FN2O2.C2H2O4/c23-18-8-6-16(7-9-18)17-10-14-24(15-11-17)12-3-13-25-21(26)19-4-1-2-5-20(19)22(25)27;3-1(4)2(5)6/h1-2,4-10,21,26H,3,11-15H2;(H,3,4)(H,5,6). The number of nitrogens with zero attached hydrogens (tertiary/aromatic N) is 2. The van der Waals surface area contributed by atoms with Crippen LogP contribution in [0.3, 0.4) is 0 Å². The number of benzene rings is 2. The molecule has 2 aromatic carbocycles. The van der Waals surface area contributed by atoms with E-state index in [-0.39, 0.29) is 11.7 Å². The first-order valence-corrected chi connectivity index (χ1v) is 10.5. The van der Waals surface area contributed by atoms with Gasteiger partial charge in [-0.2, -0.15) is 0 Å². The molecule has 0 saturated heterocycles. The lowest BCUT2D eigenvalue weighted by atomic mass is 9.99. The highest BCUT2D eigenvalue weighted by Gasteiger charge is 2.34. The second-order valence-electron chi connectivity index (χ2n) is 7.71. The van der Waals surface area contributed by atoms with Crippen molar-refractivity contribution in [1.29, 1.82) is 0 Å². The molecule has 9 heteroatoms. The summed E-state index contributed by atoms with van der Waals surface area (Å²) in [5.74, 6) is -3.95. The van der Waals surface area contributed by atoms with Crippen molar-refractivity contribution in [3.05, 3.63) is 77.1 Å². The third-order valence-electron chi connectivity index (χ3n) is 5.59. The third kappa shape index (κ3) is 6.03. The average molecular weight is 456 g/mol. The number of hydrogen-bond acceptors (Lipinski definition) is 5. The van der Waals surface area contributed by atoms with Crippen LogP contribution in [0.5, 0.6) is 0 Å². The van der Waals surface area contributed by atoms with Crippen LogP contribution in [0.1, 0.15) is 40.6 Å². The van der Waals surface area contributed by atoms with Crippen molar-refractivity contribution in [3.63, 3.8) is 0 Å². The summed E-state index contributed by atoms with van der Waals surface area (Å²) in [7, 11) is 0. The Labute approximate surface area is 190 Å². The van der Waals surface area contributed by atoms with Crippen LogP contribution < -0.4 is 0 Å². The molecule has 0 radical (unpaired) electrons. The molecule has 2 aliphatic heterocycles. The number of carbonyl (C=O) groups excluding carboxylic acids is 1. The molecule has 2 heterocycles. The maximum absolute atomic E-state index is 13.1. The van der Waals surface area contributed by atoms with Gasteiger partial charge in [-0.3, -0.25) is 9.69 Å². The Kier molecular flexibility index (Phi) is 7.92. The van der Waals surface area contributed by atoms with Gasteiger partial charge in [0.25, 0.3) is 5.91 Å².